The molecule has 0 radical (unpaired) electrons. The zero-order valence-electron chi connectivity index (χ0n) is 11.5. The third-order valence-corrected chi connectivity index (χ3v) is 2.63. The van der Waals surface area contributed by atoms with Crippen LogP contribution in [0.25, 0.3) is 0 Å². The Bertz CT molecular complexity index is 560. The minimum atomic E-state index is -1.25. The number of rotatable bonds is 6. The van der Waals surface area contributed by atoms with Crippen molar-refractivity contribution in [3.05, 3.63) is 35.0 Å². The predicted octanol–water partition coefficient (Wildman–Crippen LogP) is 0.705. The van der Waals surface area contributed by atoms with Crippen LogP contribution in [0.1, 0.15) is 17.3 Å². The Balaban J connectivity index is 2.82. The highest BCUT2D eigenvalue weighted by atomic mass is 16.6. The van der Waals surface area contributed by atoms with E-state index in [9.17, 15) is 19.9 Å². The lowest BCUT2D eigenvalue weighted by Gasteiger charge is -2.19. The van der Waals surface area contributed by atoms with E-state index in [1.54, 1.807) is 0 Å². The van der Waals surface area contributed by atoms with Crippen molar-refractivity contribution < 1.29 is 29.6 Å². The Morgan fingerprint density at radius 1 is 1.48 bits per heavy atom. The third kappa shape index (κ3) is 4.34. The number of phenols is 1. The van der Waals surface area contributed by atoms with E-state index in [0.29, 0.717) is 0 Å². The summed E-state index contributed by atoms with van der Waals surface area (Å²) in [5.74, 6) is -1.69. The largest absolute Gasteiger partial charge is 0.569 e. The maximum absolute atomic E-state index is 11.9. The normalized spacial score (nSPS) is 12.6. The average Bonchev–Trinajstić information content (AvgIpc) is 2.45. The molecular weight excluding hydrogens is 282 g/mol. The number of hydrogen-bond donors (Lipinski definition) is 2. The van der Waals surface area contributed by atoms with Gasteiger partial charge in [-0.3, -0.25) is 4.79 Å². The zero-order chi connectivity index (χ0) is 16.0. The first-order chi connectivity index (χ1) is 9.86. The van der Waals surface area contributed by atoms with E-state index < -0.39 is 17.9 Å². The van der Waals surface area contributed by atoms with Crippen LogP contribution in [0.4, 0.5) is 0 Å². The van der Waals surface area contributed by atoms with E-state index >= 15 is 0 Å². The topological polar surface area (TPSA) is 126 Å². The molecule has 1 atom stereocenters. The number of hydrazine groups is 1. The molecule has 9 nitrogen and oxygen atoms in total. The maximum atomic E-state index is 11.9. The van der Waals surface area contributed by atoms with Gasteiger partial charge in [-0.1, -0.05) is 12.1 Å². The highest BCUT2D eigenvalue weighted by Crippen LogP contribution is 2.17. The molecule has 0 bridgehead atoms. The number of benzene rings is 1. The number of hydrogen-bond acceptors (Lipinski definition) is 6. The van der Waals surface area contributed by atoms with E-state index in [2.05, 4.69) is 5.28 Å². The number of phenolic OH excluding ortho intramolecular Hbond substituents is 1. The van der Waals surface area contributed by atoms with Gasteiger partial charge in [0.2, 0.25) is 5.28 Å². The Labute approximate surface area is 120 Å². The zero-order valence-corrected chi connectivity index (χ0v) is 11.5. The van der Waals surface area contributed by atoms with Gasteiger partial charge in [0.25, 0.3) is 0 Å². The summed E-state index contributed by atoms with van der Waals surface area (Å²) in [5.41, 5.74) is -0.0998. The first kappa shape index (κ1) is 16.2. The Kier molecular flexibility index (Phi) is 5.47. The SMILES string of the molecule is CC(=O)C(CN(C)[N+]([O-])=NO)OC(=O)c1ccccc1O. The summed E-state index contributed by atoms with van der Waals surface area (Å²) < 4.78 is 4.97. The van der Waals surface area contributed by atoms with Crippen LogP contribution in [0, 0.1) is 5.21 Å². The van der Waals surface area contributed by atoms with Crippen LogP contribution in [-0.2, 0) is 9.53 Å². The molecule has 9 heteroatoms. The van der Waals surface area contributed by atoms with E-state index in [-0.39, 0.29) is 22.8 Å². The fourth-order valence-electron chi connectivity index (χ4n) is 1.47. The molecule has 0 heterocycles. The van der Waals surface area contributed by atoms with Crippen molar-refractivity contribution in [2.75, 3.05) is 13.6 Å². The highest BCUT2D eigenvalue weighted by Gasteiger charge is 2.26. The number of carbonyl (C=O) groups is 2. The molecule has 1 aromatic carbocycles. The second kappa shape index (κ2) is 7.08. The Hall–Kier alpha value is -2.84. The molecule has 0 aliphatic heterocycles. The molecule has 1 aromatic rings. The molecule has 1 unspecified atom stereocenters. The minimum absolute atomic E-state index is 0.0998. The molecule has 0 fully saturated rings. The quantitative estimate of drug-likeness (QED) is 0.342. The van der Waals surface area contributed by atoms with Crippen molar-refractivity contribution >= 4 is 11.8 Å². The van der Waals surface area contributed by atoms with E-state index in [0.717, 1.165) is 5.01 Å². The number of ketones is 1. The van der Waals surface area contributed by atoms with Crippen LogP contribution in [0.2, 0.25) is 0 Å². The number of likely N-dealkylation sites (N-methyl/N-ethyl adjacent to an activating group) is 1. The lowest BCUT2D eigenvalue weighted by molar-refractivity contribution is -0.704. The molecule has 0 saturated carbocycles. The molecule has 0 aliphatic carbocycles. The van der Waals surface area contributed by atoms with Crippen LogP contribution >= 0.6 is 0 Å². The van der Waals surface area contributed by atoms with Gasteiger partial charge in [-0.2, -0.15) is 0 Å². The highest BCUT2D eigenvalue weighted by molar-refractivity contribution is 5.94. The summed E-state index contributed by atoms with van der Waals surface area (Å²) in [4.78, 5) is 23.2. The van der Waals surface area contributed by atoms with E-state index in [1.807, 2.05) is 0 Å². The summed E-state index contributed by atoms with van der Waals surface area (Å²) in [5, 5.41) is 32.1. The van der Waals surface area contributed by atoms with Crippen LogP contribution in [-0.4, -0.2) is 51.7 Å². The summed E-state index contributed by atoms with van der Waals surface area (Å²) >= 11 is 0. The molecule has 2 N–H and O–H groups in total. The van der Waals surface area contributed by atoms with Gasteiger partial charge in [0.1, 0.15) is 17.9 Å². The molecule has 0 spiro atoms. The second-order valence-corrected chi connectivity index (χ2v) is 4.20. The standard InChI is InChI=1S/C12H15N3O6/c1-8(16)11(7-14(2)15(20)13-19)21-12(18)9-5-3-4-6-10(9)17/h3-6,11,17,19H,7H2,1-2H3. The van der Waals surface area contributed by atoms with Gasteiger partial charge in [-0.15, -0.1) is 5.01 Å². The van der Waals surface area contributed by atoms with E-state index in [1.165, 1.54) is 38.2 Å². The average molecular weight is 297 g/mol. The van der Waals surface area contributed by atoms with Crippen molar-refractivity contribution in [2.24, 2.45) is 5.28 Å². The number of carbonyl (C=O) groups excluding carboxylic acids is 2. The first-order valence-electron chi connectivity index (χ1n) is 5.89. The van der Waals surface area contributed by atoms with Crippen molar-refractivity contribution in [2.45, 2.75) is 13.0 Å². The fraction of sp³-hybridized carbons (Fsp3) is 0.333. The number of ether oxygens (including phenoxy) is 1. The molecule has 0 aromatic heterocycles. The van der Waals surface area contributed by atoms with Crippen molar-refractivity contribution in [3.8, 4) is 5.75 Å². The summed E-state index contributed by atoms with van der Waals surface area (Å²) in [6.45, 7) is 0.879. The summed E-state index contributed by atoms with van der Waals surface area (Å²) in [7, 11) is 1.25. The summed E-state index contributed by atoms with van der Waals surface area (Å²) in [6, 6.07) is 5.69. The Morgan fingerprint density at radius 3 is 2.62 bits per heavy atom. The minimum Gasteiger partial charge on any atom is -0.569 e. The van der Waals surface area contributed by atoms with Gasteiger partial charge in [0.05, 0.1) is 12.0 Å². The first-order valence-corrected chi connectivity index (χ1v) is 5.89. The van der Waals surface area contributed by atoms with Gasteiger partial charge >= 0.3 is 5.97 Å². The fourth-order valence-corrected chi connectivity index (χ4v) is 1.47. The monoisotopic (exact) mass is 297 g/mol. The van der Waals surface area contributed by atoms with Gasteiger partial charge in [0, 0.05) is 0 Å². The maximum Gasteiger partial charge on any atom is 0.342 e. The second-order valence-electron chi connectivity index (χ2n) is 4.20. The number of esters is 1. The van der Waals surface area contributed by atoms with E-state index in [4.69, 9.17) is 9.94 Å². The molecule has 0 amide bonds. The van der Waals surface area contributed by atoms with Crippen molar-refractivity contribution in [1.82, 2.24) is 5.01 Å². The van der Waals surface area contributed by atoms with Crippen LogP contribution in [0.3, 0.4) is 0 Å². The lowest BCUT2D eigenvalue weighted by Crippen LogP contribution is -2.40. The van der Waals surface area contributed by atoms with Gasteiger partial charge < -0.3 is 20.3 Å². The van der Waals surface area contributed by atoms with Gasteiger partial charge in [-0.05, 0) is 19.1 Å². The third-order valence-electron chi connectivity index (χ3n) is 2.63. The summed E-state index contributed by atoms with van der Waals surface area (Å²) in [6.07, 6.45) is -1.25. The predicted molar refractivity (Wildman–Crippen MR) is 68.5 cm³/mol. The van der Waals surface area contributed by atoms with Crippen molar-refractivity contribution in [3.63, 3.8) is 0 Å². The number of aromatic hydroxyl groups is 1. The van der Waals surface area contributed by atoms with Crippen LogP contribution < -0.4 is 0 Å². The molecular formula is C12H15N3O6. The lowest BCUT2D eigenvalue weighted by atomic mass is 10.2. The number of nitrogens with zero attached hydrogens (tertiary/aromatic N) is 3. The molecule has 0 saturated heterocycles. The van der Waals surface area contributed by atoms with Gasteiger partial charge in [0.15, 0.2) is 11.9 Å². The number of Topliss-reactive ketones (excluding diaryl/α,β-unsaturated/α-hetero) is 1. The molecule has 114 valence electrons. The van der Waals surface area contributed by atoms with Gasteiger partial charge in [-0.25, -0.2) is 4.79 Å². The van der Waals surface area contributed by atoms with Crippen molar-refractivity contribution in [1.29, 1.82) is 0 Å². The smallest absolute Gasteiger partial charge is 0.342 e. The van der Waals surface area contributed by atoms with Crippen LogP contribution in [0.5, 0.6) is 5.75 Å². The van der Waals surface area contributed by atoms with Crippen LogP contribution in [0.15, 0.2) is 29.5 Å². The molecule has 1 rings (SSSR count). The Morgan fingerprint density at radius 2 is 2.10 bits per heavy atom. The number of para-hydroxylation sites is 1. The molecule has 21 heavy (non-hydrogen) atoms. The molecule has 0 aliphatic rings.